The van der Waals surface area contributed by atoms with Crippen LogP contribution in [-0.2, 0) is 20.1 Å². The first kappa shape index (κ1) is 13.6. The molecule has 0 amide bonds. The van der Waals surface area contributed by atoms with E-state index in [0.717, 1.165) is 39.8 Å². The lowest BCUT2D eigenvalue weighted by Crippen LogP contribution is -2.07. The molecule has 0 radical (unpaired) electrons. The van der Waals surface area contributed by atoms with Crippen molar-refractivity contribution in [3.63, 3.8) is 0 Å². The summed E-state index contributed by atoms with van der Waals surface area (Å²) in [6, 6.07) is 11.5. The fourth-order valence-electron chi connectivity index (χ4n) is 2.77. The third kappa shape index (κ3) is 2.28. The van der Waals surface area contributed by atoms with E-state index in [4.69, 9.17) is 0 Å². The van der Waals surface area contributed by atoms with Crippen LogP contribution < -0.4 is 5.56 Å². The van der Waals surface area contributed by atoms with Crippen LogP contribution in [0.1, 0.15) is 18.2 Å². The molecule has 0 fully saturated rings. The highest BCUT2D eigenvalue weighted by atomic mass is 16.3. The first-order valence-electron chi connectivity index (χ1n) is 7.06. The van der Waals surface area contributed by atoms with E-state index in [2.05, 4.69) is 18.0 Å². The van der Waals surface area contributed by atoms with Gasteiger partial charge in [0.1, 0.15) is 0 Å². The number of fused-ring (bicyclic) bond motifs is 1. The number of pyridine rings is 1. The summed E-state index contributed by atoms with van der Waals surface area (Å²) >= 11 is 0. The molecule has 21 heavy (non-hydrogen) atoms. The van der Waals surface area contributed by atoms with Crippen LogP contribution in [0.5, 0.6) is 0 Å². The van der Waals surface area contributed by atoms with E-state index in [1.165, 1.54) is 0 Å². The maximum absolute atomic E-state index is 11.6. The van der Waals surface area contributed by atoms with Gasteiger partial charge in [0.05, 0.1) is 12.3 Å². The minimum absolute atomic E-state index is 0.0168. The number of nitrogens with zero attached hydrogens (tertiary/aromatic N) is 1. The van der Waals surface area contributed by atoms with E-state index in [1.807, 2.05) is 35.9 Å². The Morgan fingerprint density at radius 1 is 1.19 bits per heavy atom. The maximum atomic E-state index is 11.6. The van der Waals surface area contributed by atoms with Crippen LogP contribution in [0.4, 0.5) is 0 Å². The molecule has 2 aromatic heterocycles. The molecule has 0 spiro atoms. The van der Waals surface area contributed by atoms with Gasteiger partial charge in [-0.15, -0.1) is 0 Å². The first-order chi connectivity index (χ1) is 10.1. The van der Waals surface area contributed by atoms with Gasteiger partial charge in [-0.1, -0.05) is 19.1 Å². The van der Waals surface area contributed by atoms with Crippen molar-refractivity contribution in [2.45, 2.75) is 20.0 Å². The van der Waals surface area contributed by atoms with Gasteiger partial charge in [-0.05, 0) is 35.7 Å². The molecule has 2 heterocycles. The molecule has 0 saturated carbocycles. The number of aliphatic hydroxyl groups excluding tert-OH is 1. The van der Waals surface area contributed by atoms with Crippen LogP contribution in [0.25, 0.3) is 22.2 Å². The van der Waals surface area contributed by atoms with Gasteiger partial charge in [-0.2, -0.15) is 0 Å². The summed E-state index contributed by atoms with van der Waals surface area (Å²) in [4.78, 5) is 14.5. The number of H-pyrrole nitrogens is 1. The van der Waals surface area contributed by atoms with E-state index >= 15 is 0 Å². The average molecular weight is 282 g/mol. The molecule has 2 N–H and O–H groups in total. The van der Waals surface area contributed by atoms with Gasteiger partial charge in [0.2, 0.25) is 5.56 Å². The Hall–Kier alpha value is -2.33. The van der Waals surface area contributed by atoms with E-state index in [0.29, 0.717) is 0 Å². The average Bonchev–Trinajstić information content (AvgIpc) is 2.83. The number of hydrogen-bond donors (Lipinski definition) is 2. The van der Waals surface area contributed by atoms with Crippen LogP contribution in [0.2, 0.25) is 0 Å². The number of benzene rings is 1. The van der Waals surface area contributed by atoms with Crippen LogP contribution in [0.15, 0.2) is 41.2 Å². The Kier molecular flexibility index (Phi) is 3.39. The molecule has 0 unspecified atom stereocenters. The summed E-state index contributed by atoms with van der Waals surface area (Å²) in [5.41, 5.74) is 4.84. The van der Waals surface area contributed by atoms with Crippen molar-refractivity contribution >= 4 is 10.9 Å². The smallest absolute Gasteiger partial charge is 0.248 e. The first-order valence-corrected chi connectivity index (χ1v) is 7.06. The molecule has 0 aliphatic carbocycles. The third-order valence-electron chi connectivity index (χ3n) is 3.98. The second-order valence-corrected chi connectivity index (χ2v) is 5.20. The van der Waals surface area contributed by atoms with Crippen LogP contribution in [-0.4, -0.2) is 14.7 Å². The molecule has 4 nitrogen and oxygen atoms in total. The van der Waals surface area contributed by atoms with Crippen molar-refractivity contribution in [2.75, 3.05) is 0 Å². The molecule has 0 aliphatic rings. The number of rotatable bonds is 3. The lowest BCUT2D eigenvalue weighted by molar-refractivity contribution is 0.273. The van der Waals surface area contributed by atoms with E-state index in [1.54, 1.807) is 6.07 Å². The Labute approximate surface area is 122 Å². The minimum atomic E-state index is -0.0913. The SMILES string of the molecule is CCc1ccc(=O)[nH]c1-c1ccc2c(c1)cc(CO)n2C. The number of aryl methyl sites for hydroxylation is 2. The lowest BCUT2D eigenvalue weighted by atomic mass is 10.0. The number of aliphatic hydroxyl groups is 1. The Morgan fingerprint density at radius 3 is 2.71 bits per heavy atom. The number of hydrogen-bond acceptors (Lipinski definition) is 2. The molecule has 3 rings (SSSR count). The summed E-state index contributed by atoms with van der Waals surface area (Å²) in [5, 5.41) is 10.4. The predicted octanol–water partition coefficient (Wildman–Crippen LogP) is 2.59. The summed E-state index contributed by atoms with van der Waals surface area (Å²) in [6.45, 7) is 2.09. The van der Waals surface area contributed by atoms with Crippen LogP contribution in [0.3, 0.4) is 0 Å². The van der Waals surface area contributed by atoms with Gasteiger partial charge in [0.25, 0.3) is 0 Å². The van der Waals surface area contributed by atoms with Gasteiger partial charge in [-0.3, -0.25) is 4.79 Å². The van der Waals surface area contributed by atoms with E-state index < -0.39 is 0 Å². The maximum Gasteiger partial charge on any atom is 0.248 e. The topological polar surface area (TPSA) is 58.0 Å². The van der Waals surface area contributed by atoms with Crippen molar-refractivity contribution in [3.8, 4) is 11.3 Å². The van der Waals surface area contributed by atoms with Crippen molar-refractivity contribution in [2.24, 2.45) is 7.05 Å². The zero-order chi connectivity index (χ0) is 15.0. The third-order valence-corrected chi connectivity index (χ3v) is 3.98. The molecule has 0 aliphatic heterocycles. The number of aromatic nitrogens is 2. The van der Waals surface area contributed by atoms with Crippen LogP contribution in [0, 0.1) is 0 Å². The van der Waals surface area contributed by atoms with Crippen molar-refractivity contribution in [3.05, 3.63) is 58.0 Å². The normalized spacial score (nSPS) is 11.2. The minimum Gasteiger partial charge on any atom is -0.390 e. The summed E-state index contributed by atoms with van der Waals surface area (Å²) in [5.74, 6) is 0. The van der Waals surface area contributed by atoms with Gasteiger partial charge >= 0.3 is 0 Å². The predicted molar refractivity (Wildman–Crippen MR) is 84.3 cm³/mol. The van der Waals surface area contributed by atoms with E-state index in [-0.39, 0.29) is 12.2 Å². The lowest BCUT2D eigenvalue weighted by Gasteiger charge is -2.08. The molecule has 4 heteroatoms. The molecular formula is C17H18N2O2. The molecule has 1 aromatic carbocycles. The molecule has 0 saturated heterocycles. The molecule has 3 aromatic rings. The molecular weight excluding hydrogens is 264 g/mol. The monoisotopic (exact) mass is 282 g/mol. The van der Waals surface area contributed by atoms with E-state index in [9.17, 15) is 9.90 Å². The highest BCUT2D eigenvalue weighted by Gasteiger charge is 2.09. The molecule has 0 atom stereocenters. The molecule has 0 bridgehead atoms. The quantitative estimate of drug-likeness (QED) is 0.775. The summed E-state index contributed by atoms with van der Waals surface area (Å²) in [7, 11) is 1.94. The van der Waals surface area contributed by atoms with Crippen molar-refractivity contribution in [1.82, 2.24) is 9.55 Å². The van der Waals surface area contributed by atoms with Crippen molar-refractivity contribution < 1.29 is 5.11 Å². The second kappa shape index (κ2) is 5.22. The zero-order valence-corrected chi connectivity index (χ0v) is 12.2. The van der Waals surface area contributed by atoms with Gasteiger partial charge in [-0.25, -0.2) is 0 Å². The highest BCUT2D eigenvalue weighted by molar-refractivity contribution is 5.86. The zero-order valence-electron chi connectivity index (χ0n) is 12.2. The standard InChI is InChI=1S/C17H18N2O2/c1-3-11-5-7-16(21)18-17(11)12-4-6-15-13(8-12)9-14(10-20)19(15)2/h4-9,20H,3,10H2,1-2H3,(H,18,21). The molecule has 108 valence electrons. The largest absolute Gasteiger partial charge is 0.390 e. The number of nitrogens with one attached hydrogen (secondary N) is 1. The van der Waals surface area contributed by atoms with Gasteiger partial charge < -0.3 is 14.7 Å². The number of aromatic amines is 1. The Bertz CT molecular complexity index is 859. The summed E-state index contributed by atoms with van der Waals surface area (Å²) < 4.78 is 1.98. The van der Waals surface area contributed by atoms with Crippen molar-refractivity contribution in [1.29, 1.82) is 0 Å². The summed E-state index contributed by atoms with van der Waals surface area (Å²) in [6.07, 6.45) is 0.862. The fraction of sp³-hybridized carbons (Fsp3) is 0.235. The van der Waals surface area contributed by atoms with Gasteiger partial charge in [0, 0.05) is 29.7 Å². The van der Waals surface area contributed by atoms with Crippen LogP contribution >= 0.6 is 0 Å². The second-order valence-electron chi connectivity index (χ2n) is 5.20. The fourth-order valence-corrected chi connectivity index (χ4v) is 2.77. The highest BCUT2D eigenvalue weighted by Crippen LogP contribution is 2.27. The Balaban J connectivity index is 2.22. The Morgan fingerprint density at radius 2 is 2.00 bits per heavy atom. The van der Waals surface area contributed by atoms with Gasteiger partial charge in [0.15, 0.2) is 0 Å².